The molecule has 0 aromatic carbocycles. The number of rotatable bonds is 8. The van der Waals surface area contributed by atoms with Gasteiger partial charge in [0.2, 0.25) is 5.91 Å². The Morgan fingerprint density at radius 3 is 2.41 bits per heavy atom. The molecule has 1 saturated carbocycles. The highest BCUT2D eigenvalue weighted by molar-refractivity contribution is 6.28. The van der Waals surface area contributed by atoms with Gasteiger partial charge >= 0.3 is 0 Å². The first-order chi connectivity index (χ1) is 18.7. The van der Waals surface area contributed by atoms with Crippen LogP contribution in [0.5, 0.6) is 0 Å². The van der Waals surface area contributed by atoms with Gasteiger partial charge in [-0.05, 0) is 51.0 Å². The summed E-state index contributed by atoms with van der Waals surface area (Å²) >= 11 is 6.59. The molecule has 3 aliphatic heterocycles. The topological polar surface area (TPSA) is 129 Å². The van der Waals surface area contributed by atoms with Crippen LogP contribution in [0.4, 0.5) is 0 Å². The van der Waals surface area contributed by atoms with E-state index in [2.05, 4.69) is 40.9 Å². The van der Waals surface area contributed by atoms with E-state index in [1.165, 1.54) is 25.7 Å². The van der Waals surface area contributed by atoms with Crippen LogP contribution >= 0.6 is 11.6 Å². The first kappa shape index (κ1) is 31.1. The fourth-order valence-electron chi connectivity index (χ4n) is 7.70. The molecule has 0 bridgehead atoms. The fourth-order valence-corrected chi connectivity index (χ4v) is 7.88. The lowest BCUT2D eigenvalue weighted by Crippen LogP contribution is -2.69. The predicted molar refractivity (Wildman–Crippen MR) is 161 cm³/mol. The minimum absolute atomic E-state index is 0.0176. The number of hydrogen-bond donors (Lipinski definition) is 4. The van der Waals surface area contributed by atoms with Crippen LogP contribution in [0.25, 0.3) is 0 Å². The van der Waals surface area contributed by atoms with Gasteiger partial charge in [-0.3, -0.25) is 19.6 Å². The van der Waals surface area contributed by atoms with Crippen LogP contribution in [0.1, 0.15) is 78.1 Å². The Hall–Kier alpha value is -0.810. The van der Waals surface area contributed by atoms with Crippen molar-refractivity contribution in [2.24, 2.45) is 33.5 Å². The Bertz CT molecular complexity index is 809. The summed E-state index contributed by atoms with van der Waals surface area (Å²) in [6.45, 7) is 9.27. The Balaban J connectivity index is 1.57. The van der Waals surface area contributed by atoms with E-state index in [4.69, 9.17) is 33.8 Å². The van der Waals surface area contributed by atoms with E-state index in [1.54, 1.807) is 0 Å². The maximum atomic E-state index is 14.2. The lowest BCUT2D eigenvalue weighted by molar-refractivity contribution is -0.129. The first-order valence-electron chi connectivity index (χ1n) is 15.6. The number of alkyl halides is 1. The number of likely N-dealkylation sites (tertiary alicyclic amines) is 1. The van der Waals surface area contributed by atoms with Gasteiger partial charge in [-0.25, -0.2) is 0 Å². The number of likely N-dealkylation sites (N-methyl/N-ethyl adjacent to an activating group) is 1. The molecule has 0 radical (unpaired) electrons. The van der Waals surface area contributed by atoms with Crippen LogP contribution in [-0.4, -0.2) is 108 Å². The molecule has 2 saturated heterocycles. The van der Waals surface area contributed by atoms with Gasteiger partial charge in [0.05, 0.1) is 35.7 Å². The Kier molecular flexibility index (Phi) is 11.1. The minimum Gasteiger partial charge on any atom is -0.350 e. The van der Waals surface area contributed by atoms with Gasteiger partial charge in [-0.2, -0.15) is 0 Å². The zero-order valence-electron chi connectivity index (χ0n) is 24.6. The maximum absolute atomic E-state index is 14.2. The molecule has 10 heteroatoms. The van der Waals surface area contributed by atoms with Crippen molar-refractivity contribution >= 4 is 23.7 Å². The number of carbonyl (C=O) groups excluding carboxylic acids is 1. The zero-order chi connectivity index (χ0) is 28.2. The number of halogens is 1. The molecule has 4 aliphatic rings. The quantitative estimate of drug-likeness (QED) is 0.261. The average molecular weight is 567 g/mol. The van der Waals surface area contributed by atoms with E-state index in [0.29, 0.717) is 6.04 Å². The number of nitrogens with zero attached hydrogens (tertiary/aromatic N) is 4. The molecule has 7 N–H and O–H groups in total. The summed E-state index contributed by atoms with van der Waals surface area (Å²) in [6, 6.07) is 0.391. The molecular weight excluding hydrogens is 512 g/mol. The molecule has 3 heterocycles. The lowest BCUT2D eigenvalue weighted by Gasteiger charge is -2.50. The van der Waals surface area contributed by atoms with Crippen LogP contribution in [0.3, 0.4) is 0 Å². The summed E-state index contributed by atoms with van der Waals surface area (Å²) in [4.78, 5) is 26.4. The number of aliphatic imine (C=N–C) groups is 1. The fraction of sp³-hybridized carbons (Fsp3) is 0.931. The molecule has 6 unspecified atom stereocenters. The smallest absolute Gasteiger partial charge is 0.228 e. The van der Waals surface area contributed by atoms with Crippen molar-refractivity contribution in [1.82, 2.24) is 20.0 Å². The number of hydrogen-bond acceptors (Lipinski definition) is 8. The van der Waals surface area contributed by atoms with Crippen LogP contribution in [0.15, 0.2) is 4.99 Å². The van der Waals surface area contributed by atoms with Crippen molar-refractivity contribution in [1.29, 1.82) is 0 Å². The van der Waals surface area contributed by atoms with E-state index < -0.39 is 12.1 Å². The van der Waals surface area contributed by atoms with Crippen molar-refractivity contribution in [2.45, 2.75) is 120 Å². The molecule has 224 valence electrons. The second-order valence-corrected chi connectivity index (χ2v) is 13.5. The van der Waals surface area contributed by atoms with Crippen molar-refractivity contribution in [3.8, 4) is 0 Å². The standard InChI is InChI=1S/C29H55ClN8O/c1-4-29(5-2)11-10-20(30)18-34-22(17-29)26(27(32)33)28(39)35-23-19-38(21-8-6-7-9-21)25(31)16-24(23)37-14-12-36(3)13-15-37/h18,20-27H,4-17,19,31-33H2,1-3H3,(H,35,39). The molecule has 4 rings (SSSR count). The molecule has 39 heavy (non-hydrogen) atoms. The molecule has 1 amide bonds. The average Bonchev–Trinajstić information content (AvgIpc) is 3.44. The van der Waals surface area contributed by atoms with E-state index in [0.717, 1.165) is 71.2 Å². The Labute approximate surface area is 241 Å². The number of piperazine rings is 1. The molecular formula is C29H55ClN8O. The summed E-state index contributed by atoms with van der Waals surface area (Å²) in [7, 11) is 2.17. The van der Waals surface area contributed by atoms with Gasteiger partial charge in [0, 0.05) is 51.0 Å². The third-order valence-corrected chi connectivity index (χ3v) is 10.9. The van der Waals surface area contributed by atoms with Crippen LogP contribution in [0, 0.1) is 11.3 Å². The number of amides is 1. The molecule has 0 aromatic rings. The monoisotopic (exact) mass is 566 g/mol. The van der Waals surface area contributed by atoms with Crippen molar-refractivity contribution in [2.75, 3.05) is 39.8 Å². The van der Waals surface area contributed by atoms with Gasteiger partial charge in [-0.15, -0.1) is 11.6 Å². The second-order valence-electron chi connectivity index (χ2n) is 12.9. The Morgan fingerprint density at radius 2 is 1.79 bits per heavy atom. The number of nitrogens with two attached hydrogens (primary N) is 3. The van der Waals surface area contributed by atoms with Crippen molar-refractivity contribution < 1.29 is 4.79 Å². The number of carbonyl (C=O) groups is 1. The highest BCUT2D eigenvalue weighted by atomic mass is 35.5. The number of piperidine rings is 1. The molecule has 1 aliphatic carbocycles. The summed E-state index contributed by atoms with van der Waals surface area (Å²) < 4.78 is 0. The van der Waals surface area contributed by atoms with E-state index in [1.807, 2.05) is 6.21 Å². The van der Waals surface area contributed by atoms with Crippen LogP contribution in [0.2, 0.25) is 0 Å². The van der Waals surface area contributed by atoms with Gasteiger partial charge in [0.15, 0.2) is 0 Å². The summed E-state index contributed by atoms with van der Waals surface area (Å²) in [5.41, 5.74) is 19.6. The van der Waals surface area contributed by atoms with E-state index in [-0.39, 0.29) is 41.0 Å². The molecule has 0 aromatic heterocycles. The normalized spacial score (nSPS) is 34.6. The van der Waals surface area contributed by atoms with Gasteiger partial charge in [0.1, 0.15) is 0 Å². The highest BCUT2D eigenvalue weighted by Crippen LogP contribution is 2.41. The van der Waals surface area contributed by atoms with Crippen LogP contribution < -0.4 is 22.5 Å². The summed E-state index contributed by atoms with van der Waals surface area (Å²) in [5, 5.41) is 3.35. The Morgan fingerprint density at radius 1 is 1.13 bits per heavy atom. The summed E-state index contributed by atoms with van der Waals surface area (Å²) in [5.74, 6) is -0.685. The first-order valence-corrected chi connectivity index (χ1v) is 16.0. The van der Waals surface area contributed by atoms with E-state index >= 15 is 0 Å². The zero-order valence-corrected chi connectivity index (χ0v) is 25.4. The number of nitrogens with one attached hydrogen (secondary N) is 1. The highest BCUT2D eigenvalue weighted by Gasteiger charge is 2.44. The third kappa shape index (κ3) is 7.53. The van der Waals surface area contributed by atoms with E-state index in [9.17, 15) is 4.79 Å². The van der Waals surface area contributed by atoms with Gasteiger partial charge in [0.25, 0.3) is 0 Å². The van der Waals surface area contributed by atoms with Crippen molar-refractivity contribution in [3.05, 3.63) is 0 Å². The molecule has 3 fully saturated rings. The van der Waals surface area contributed by atoms with Crippen LogP contribution in [-0.2, 0) is 4.79 Å². The van der Waals surface area contributed by atoms with Gasteiger partial charge in [-0.1, -0.05) is 39.5 Å². The SMILES string of the molecule is CCC1(CC)CCC(Cl)C=NC(C(C(=O)NC2CN(C3CCCC3)C(N)CC2N2CCN(C)CC2)C(N)N)C1. The third-order valence-electron chi connectivity index (χ3n) is 10.6. The molecule has 9 nitrogen and oxygen atoms in total. The molecule has 0 spiro atoms. The van der Waals surface area contributed by atoms with Gasteiger partial charge < -0.3 is 27.4 Å². The predicted octanol–water partition coefficient (Wildman–Crippen LogP) is 1.92. The second kappa shape index (κ2) is 13.9. The lowest BCUT2D eigenvalue weighted by atomic mass is 9.70. The van der Waals surface area contributed by atoms with Crippen molar-refractivity contribution in [3.63, 3.8) is 0 Å². The maximum Gasteiger partial charge on any atom is 0.228 e. The molecule has 6 atom stereocenters. The largest absolute Gasteiger partial charge is 0.350 e. The minimum atomic E-state index is -0.800. The summed E-state index contributed by atoms with van der Waals surface area (Å²) in [6.07, 6.45) is 11.6.